The van der Waals surface area contributed by atoms with E-state index >= 15 is 0 Å². The maximum absolute atomic E-state index is 6.03. The molecule has 3 rings (SSSR count). The smallest absolute Gasteiger partial charge is 0.124 e. The summed E-state index contributed by atoms with van der Waals surface area (Å²) in [6.07, 6.45) is 0. The van der Waals surface area contributed by atoms with Gasteiger partial charge in [-0.15, -0.1) is 11.6 Å². The van der Waals surface area contributed by atoms with Crippen LogP contribution in [0, 0.1) is 0 Å². The number of alkyl halides is 1. The zero-order chi connectivity index (χ0) is 13.9. The van der Waals surface area contributed by atoms with Crippen molar-refractivity contribution in [3.63, 3.8) is 0 Å². The predicted molar refractivity (Wildman–Crippen MR) is 88.1 cm³/mol. The molecule has 0 aliphatic carbocycles. The van der Waals surface area contributed by atoms with Crippen LogP contribution in [0.2, 0.25) is 5.02 Å². The zero-order valence-electron chi connectivity index (χ0n) is 11.2. The van der Waals surface area contributed by atoms with Gasteiger partial charge in [0.1, 0.15) is 5.82 Å². The summed E-state index contributed by atoms with van der Waals surface area (Å²) in [5.74, 6) is 3.84. The molecule has 0 spiro atoms. The van der Waals surface area contributed by atoms with E-state index in [0.717, 1.165) is 35.0 Å². The number of nitrogens with zero attached hydrogens (tertiary/aromatic N) is 3. The molecule has 0 saturated carbocycles. The maximum Gasteiger partial charge on any atom is 0.124 e. The second-order valence-corrected chi connectivity index (χ2v) is 6.83. The van der Waals surface area contributed by atoms with Crippen LogP contribution in [0.3, 0.4) is 0 Å². The Hall–Kier alpha value is -0.420. The van der Waals surface area contributed by atoms with Gasteiger partial charge in [0.05, 0.1) is 16.9 Å². The molecule has 2 heterocycles. The van der Waals surface area contributed by atoms with E-state index in [1.165, 1.54) is 24.6 Å². The van der Waals surface area contributed by atoms with E-state index in [9.17, 15) is 0 Å². The Morgan fingerprint density at radius 2 is 2.00 bits per heavy atom. The number of fused-ring (bicyclic) bond motifs is 1. The topological polar surface area (TPSA) is 21.1 Å². The van der Waals surface area contributed by atoms with Gasteiger partial charge in [0, 0.05) is 42.7 Å². The van der Waals surface area contributed by atoms with Crippen LogP contribution in [0.5, 0.6) is 0 Å². The van der Waals surface area contributed by atoms with Crippen molar-refractivity contribution in [3.8, 4) is 0 Å². The van der Waals surface area contributed by atoms with Gasteiger partial charge in [-0.1, -0.05) is 11.6 Å². The van der Waals surface area contributed by atoms with Crippen molar-refractivity contribution < 1.29 is 0 Å². The van der Waals surface area contributed by atoms with Crippen molar-refractivity contribution in [2.45, 2.75) is 12.4 Å². The normalized spacial score (nSPS) is 16.9. The first kappa shape index (κ1) is 14.5. The molecule has 0 unspecified atom stereocenters. The van der Waals surface area contributed by atoms with Gasteiger partial charge < -0.3 is 4.57 Å². The highest BCUT2D eigenvalue weighted by Gasteiger charge is 2.13. The predicted octanol–water partition coefficient (Wildman–Crippen LogP) is 3.48. The molecule has 1 aliphatic heterocycles. The first-order valence-corrected chi connectivity index (χ1v) is 8.85. The lowest BCUT2D eigenvalue weighted by molar-refractivity contribution is 0.290. The summed E-state index contributed by atoms with van der Waals surface area (Å²) in [5.41, 5.74) is 2.05. The fourth-order valence-electron chi connectivity index (χ4n) is 2.57. The molecule has 3 nitrogen and oxygen atoms in total. The van der Waals surface area contributed by atoms with Crippen molar-refractivity contribution in [2.24, 2.45) is 0 Å². The van der Waals surface area contributed by atoms with Crippen molar-refractivity contribution in [2.75, 3.05) is 31.1 Å². The number of hydrogen-bond acceptors (Lipinski definition) is 3. The minimum atomic E-state index is 0.433. The molecule has 2 aromatic rings. The summed E-state index contributed by atoms with van der Waals surface area (Å²) in [6, 6.07) is 5.85. The van der Waals surface area contributed by atoms with E-state index in [0.29, 0.717) is 5.88 Å². The monoisotopic (exact) mass is 329 g/mol. The van der Waals surface area contributed by atoms with Crippen molar-refractivity contribution >= 4 is 46.0 Å². The van der Waals surface area contributed by atoms with E-state index in [2.05, 4.69) is 14.5 Å². The Kier molecular flexibility index (Phi) is 4.76. The van der Waals surface area contributed by atoms with Crippen molar-refractivity contribution in [1.82, 2.24) is 14.5 Å². The third kappa shape index (κ3) is 3.08. The lowest BCUT2D eigenvalue weighted by Gasteiger charge is -2.26. The SMILES string of the molecule is ClCc1nc2cc(Cl)ccc2n1CCN1CCSCC1. The second kappa shape index (κ2) is 6.56. The summed E-state index contributed by atoms with van der Waals surface area (Å²) >= 11 is 14.1. The molecule has 0 atom stereocenters. The molecule has 0 radical (unpaired) electrons. The molecule has 0 N–H and O–H groups in total. The number of rotatable bonds is 4. The number of halogens is 2. The number of aromatic nitrogens is 2. The highest BCUT2D eigenvalue weighted by atomic mass is 35.5. The summed E-state index contributed by atoms with van der Waals surface area (Å²) < 4.78 is 2.22. The third-order valence-electron chi connectivity index (χ3n) is 3.65. The fourth-order valence-corrected chi connectivity index (χ4v) is 3.92. The van der Waals surface area contributed by atoms with Crippen LogP contribution in [0.15, 0.2) is 18.2 Å². The van der Waals surface area contributed by atoms with Crippen molar-refractivity contribution in [1.29, 1.82) is 0 Å². The van der Waals surface area contributed by atoms with Crippen LogP contribution in [0.25, 0.3) is 11.0 Å². The number of benzene rings is 1. The van der Waals surface area contributed by atoms with Crippen LogP contribution < -0.4 is 0 Å². The van der Waals surface area contributed by atoms with Gasteiger partial charge in [-0.05, 0) is 18.2 Å². The average molecular weight is 330 g/mol. The van der Waals surface area contributed by atoms with Crippen molar-refractivity contribution in [3.05, 3.63) is 29.0 Å². The van der Waals surface area contributed by atoms with Crippen LogP contribution >= 0.6 is 35.0 Å². The molecule has 20 heavy (non-hydrogen) atoms. The minimum absolute atomic E-state index is 0.433. The third-order valence-corrected chi connectivity index (χ3v) is 5.07. The summed E-state index contributed by atoms with van der Waals surface area (Å²) in [5, 5.41) is 0.719. The molecular formula is C14H17Cl2N3S. The number of thioether (sulfide) groups is 1. The highest BCUT2D eigenvalue weighted by molar-refractivity contribution is 7.99. The van der Waals surface area contributed by atoms with Gasteiger partial charge in [-0.3, -0.25) is 4.90 Å². The Morgan fingerprint density at radius 1 is 1.20 bits per heavy atom. The molecule has 1 aromatic carbocycles. The summed E-state index contributed by atoms with van der Waals surface area (Å²) in [6.45, 7) is 4.35. The van der Waals surface area contributed by atoms with Gasteiger partial charge in [0.25, 0.3) is 0 Å². The largest absolute Gasteiger partial charge is 0.326 e. The second-order valence-electron chi connectivity index (χ2n) is 4.90. The van der Waals surface area contributed by atoms with Gasteiger partial charge in [-0.2, -0.15) is 11.8 Å². The first-order chi connectivity index (χ1) is 9.78. The van der Waals surface area contributed by atoms with E-state index in [1.54, 1.807) is 0 Å². The Balaban J connectivity index is 1.81. The number of imidazole rings is 1. The molecule has 1 saturated heterocycles. The van der Waals surface area contributed by atoms with Gasteiger partial charge in [0.15, 0.2) is 0 Å². The fraction of sp³-hybridized carbons (Fsp3) is 0.500. The van der Waals surface area contributed by atoms with E-state index < -0.39 is 0 Å². The quantitative estimate of drug-likeness (QED) is 0.801. The zero-order valence-corrected chi connectivity index (χ0v) is 13.5. The molecule has 108 valence electrons. The molecule has 1 fully saturated rings. The number of hydrogen-bond donors (Lipinski definition) is 0. The average Bonchev–Trinajstić information content (AvgIpc) is 2.83. The lowest BCUT2D eigenvalue weighted by atomic mass is 10.3. The standard InChI is InChI=1S/C14H17Cl2N3S/c15-10-14-17-12-9-11(16)1-2-13(12)19(14)4-3-18-5-7-20-8-6-18/h1-2,9H,3-8,10H2. The molecule has 0 bridgehead atoms. The molecular weight excluding hydrogens is 313 g/mol. The van der Waals surface area contributed by atoms with E-state index in [-0.39, 0.29) is 0 Å². The van der Waals surface area contributed by atoms with Crippen LogP contribution in [0.1, 0.15) is 5.82 Å². The maximum atomic E-state index is 6.03. The molecule has 6 heteroatoms. The Labute approximate surface area is 133 Å². The van der Waals surface area contributed by atoms with Gasteiger partial charge >= 0.3 is 0 Å². The summed E-state index contributed by atoms with van der Waals surface area (Å²) in [7, 11) is 0. The van der Waals surface area contributed by atoms with Crippen LogP contribution in [-0.2, 0) is 12.4 Å². The Bertz CT molecular complexity index is 593. The minimum Gasteiger partial charge on any atom is -0.326 e. The van der Waals surface area contributed by atoms with Crippen LogP contribution in [-0.4, -0.2) is 45.6 Å². The summed E-state index contributed by atoms with van der Waals surface area (Å²) in [4.78, 5) is 7.09. The first-order valence-electron chi connectivity index (χ1n) is 6.78. The van der Waals surface area contributed by atoms with E-state index in [4.69, 9.17) is 23.2 Å². The highest BCUT2D eigenvalue weighted by Crippen LogP contribution is 2.21. The van der Waals surface area contributed by atoms with Gasteiger partial charge in [0.2, 0.25) is 0 Å². The molecule has 1 aromatic heterocycles. The molecule has 1 aliphatic rings. The Morgan fingerprint density at radius 3 is 2.75 bits per heavy atom. The van der Waals surface area contributed by atoms with Crippen LogP contribution in [0.4, 0.5) is 0 Å². The molecule has 0 amide bonds. The van der Waals surface area contributed by atoms with Gasteiger partial charge in [-0.25, -0.2) is 4.98 Å². The van der Waals surface area contributed by atoms with E-state index in [1.807, 2.05) is 30.0 Å². The lowest BCUT2D eigenvalue weighted by Crippen LogP contribution is -2.35.